The highest BCUT2D eigenvalue weighted by Gasteiger charge is 2.16. The lowest BCUT2D eigenvalue weighted by Gasteiger charge is -2.31. The standard InChI is InChI=1S/C17H31N3S/c1-7-16(12-21-6)20(5)17-8-14(4)19-11-15(17)10-18-9-13(2)3/h8,11,13,16,18H,7,9-10,12H2,1-6H3. The fraction of sp³-hybridized carbons (Fsp3) is 0.706. The molecule has 0 aliphatic heterocycles. The molecule has 0 spiro atoms. The topological polar surface area (TPSA) is 28.2 Å². The first-order chi connectivity index (χ1) is 9.99. The Balaban J connectivity index is 2.89. The van der Waals surface area contributed by atoms with Gasteiger partial charge in [-0.05, 0) is 38.1 Å². The first-order valence-corrected chi connectivity index (χ1v) is 9.26. The van der Waals surface area contributed by atoms with Crippen LogP contribution >= 0.6 is 11.8 Å². The number of pyridine rings is 1. The molecule has 0 aliphatic rings. The zero-order chi connectivity index (χ0) is 15.8. The van der Waals surface area contributed by atoms with Gasteiger partial charge in [-0.3, -0.25) is 4.98 Å². The zero-order valence-corrected chi connectivity index (χ0v) is 15.3. The van der Waals surface area contributed by atoms with Gasteiger partial charge in [-0.25, -0.2) is 0 Å². The summed E-state index contributed by atoms with van der Waals surface area (Å²) in [6.45, 7) is 10.7. The minimum absolute atomic E-state index is 0.575. The van der Waals surface area contributed by atoms with E-state index in [1.807, 2.05) is 18.0 Å². The van der Waals surface area contributed by atoms with Gasteiger partial charge < -0.3 is 10.2 Å². The van der Waals surface area contributed by atoms with Crippen LogP contribution in [0.4, 0.5) is 5.69 Å². The zero-order valence-electron chi connectivity index (χ0n) is 14.4. The summed E-state index contributed by atoms with van der Waals surface area (Å²) in [5.41, 5.74) is 3.70. The van der Waals surface area contributed by atoms with Crippen molar-refractivity contribution < 1.29 is 0 Å². The third-order valence-electron chi connectivity index (χ3n) is 3.72. The molecule has 1 rings (SSSR count). The number of hydrogen-bond acceptors (Lipinski definition) is 4. The second kappa shape index (κ2) is 9.31. The van der Waals surface area contributed by atoms with E-state index in [-0.39, 0.29) is 0 Å². The van der Waals surface area contributed by atoms with Crippen LogP contribution in [0.1, 0.15) is 38.4 Å². The Morgan fingerprint density at radius 3 is 2.67 bits per heavy atom. The summed E-state index contributed by atoms with van der Waals surface area (Å²) in [6, 6.07) is 2.79. The van der Waals surface area contributed by atoms with Crippen molar-refractivity contribution in [3.63, 3.8) is 0 Å². The Morgan fingerprint density at radius 2 is 2.10 bits per heavy atom. The number of nitrogens with zero attached hydrogens (tertiary/aromatic N) is 2. The van der Waals surface area contributed by atoms with Crippen molar-refractivity contribution in [1.29, 1.82) is 0 Å². The van der Waals surface area contributed by atoms with E-state index in [0.29, 0.717) is 12.0 Å². The van der Waals surface area contributed by atoms with Gasteiger partial charge >= 0.3 is 0 Å². The van der Waals surface area contributed by atoms with Gasteiger partial charge in [-0.1, -0.05) is 20.8 Å². The molecule has 0 fully saturated rings. The molecule has 21 heavy (non-hydrogen) atoms. The van der Waals surface area contributed by atoms with E-state index >= 15 is 0 Å². The molecule has 1 unspecified atom stereocenters. The smallest absolute Gasteiger partial charge is 0.0445 e. The third kappa shape index (κ3) is 5.87. The molecule has 1 atom stereocenters. The van der Waals surface area contributed by atoms with Crippen molar-refractivity contribution in [2.24, 2.45) is 5.92 Å². The SMILES string of the molecule is CCC(CSC)N(C)c1cc(C)ncc1CNCC(C)C. The molecular weight excluding hydrogens is 278 g/mol. The number of thioether (sulfide) groups is 1. The second-order valence-corrected chi connectivity index (χ2v) is 7.02. The molecule has 0 radical (unpaired) electrons. The number of hydrogen-bond donors (Lipinski definition) is 1. The lowest BCUT2D eigenvalue weighted by Crippen LogP contribution is -2.34. The van der Waals surface area contributed by atoms with E-state index in [1.165, 1.54) is 11.3 Å². The summed E-state index contributed by atoms with van der Waals surface area (Å²) in [4.78, 5) is 6.91. The fourth-order valence-electron chi connectivity index (χ4n) is 2.43. The number of anilines is 1. The maximum atomic E-state index is 4.48. The number of nitrogens with one attached hydrogen (secondary N) is 1. The fourth-order valence-corrected chi connectivity index (χ4v) is 3.27. The van der Waals surface area contributed by atoms with Crippen LogP contribution in [0.5, 0.6) is 0 Å². The lowest BCUT2D eigenvalue weighted by molar-refractivity contribution is 0.550. The summed E-state index contributed by atoms with van der Waals surface area (Å²) >= 11 is 1.92. The van der Waals surface area contributed by atoms with Crippen LogP contribution in [0.15, 0.2) is 12.3 Å². The Kier molecular flexibility index (Phi) is 8.12. The van der Waals surface area contributed by atoms with Gasteiger partial charge in [0.1, 0.15) is 0 Å². The quantitative estimate of drug-likeness (QED) is 0.752. The van der Waals surface area contributed by atoms with Crippen LogP contribution in [0.2, 0.25) is 0 Å². The average Bonchev–Trinajstić information content (AvgIpc) is 2.45. The molecule has 0 bridgehead atoms. The number of aromatic nitrogens is 1. The molecule has 0 aliphatic carbocycles. The number of aryl methyl sites for hydroxylation is 1. The second-order valence-electron chi connectivity index (χ2n) is 6.11. The largest absolute Gasteiger partial charge is 0.370 e. The first kappa shape index (κ1) is 18.3. The van der Waals surface area contributed by atoms with Crippen molar-refractivity contribution in [2.45, 2.75) is 46.7 Å². The Bertz CT molecular complexity index is 420. The highest BCUT2D eigenvalue weighted by Crippen LogP contribution is 2.24. The molecule has 4 heteroatoms. The minimum atomic E-state index is 0.575. The van der Waals surface area contributed by atoms with Gasteiger partial charge in [0.25, 0.3) is 0 Å². The van der Waals surface area contributed by atoms with Gasteiger partial charge in [-0.2, -0.15) is 11.8 Å². The van der Waals surface area contributed by atoms with Crippen molar-refractivity contribution in [2.75, 3.05) is 30.5 Å². The summed E-state index contributed by atoms with van der Waals surface area (Å²) in [5.74, 6) is 1.83. The van der Waals surface area contributed by atoms with Crippen LogP contribution in [-0.4, -0.2) is 36.6 Å². The van der Waals surface area contributed by atoms with E-state index in [4.69, 9.17) is 0 Å². The highest BCUT2D eigenvalue weighted by molar-refractivity contribution is 7.98. The normalized spacial score (nSPS) is 12.7. The van der Waals surface area contributed by atoms with Gasteiger partial charge in [0, 0.05) is 48.5 Å². The molecule has 1 aromatic rings. The monoisotopic (exact) mass is 309 g/mol. The van der Waals surface area contributed by atoms with Crippen molar-refractivity contribution in [3.05, 3.63) is 23.5 Å². The Morgan fingerprint density at radius 1 is 1.38 bits per heavy atom. The average molecular weight is 310 g/mol. The summed E-state index contributed by atoms with van der Waals surface area (Å²) in [7, 11) is 2.21. The molecule has 0 amide bonds. The van der Waals surface area contributed by atoms with Crippen molar-refractivity contribution >= 4 is 17.4 Å². The maximum Gasteiger partial charge on any atom is 0.0445 e. The van der Waals surface area contributed by atoms with Gasteiger partial charge in [0.05, 0.1) is 0 Å². The lowest BCUT2D eigenvalue weighted by atomic mass is 10.1. The van der Waals surface area contributed by atoms with Crippen LogP contribution in [0.25, 0.3) is 0 Å². The van der Waals surface area contributed by atoms with Crippen LogP contribution in [0, 0.1) is 12.8 Å². The molecular formula is C17H31N3S. The molecule has 0 aromatic carbocycles. The predicted octanol–water partition coefficient (Wildman–Crippen LogP) is 3.71. The molecule has 0 saturated carbocycles. The van der Waals surface area contributed by atoms with Crippen LogP contribution in [0.3, 0.4) is 0 Å². The van der Waals surface area contributed by atoms with Crippen LogP contribution in [-0.2, 0) is 6.54 Å². The predicted molar refractivity (Wildman–Crippen MR) is 96.4 cm³/mol. The molecule has 1 heterocycles. The van der Waals surface area contributed by atoms with Gasteiger partial charge in [-0.15, -0.1) is 0 Å². The maximum absolute atomic E-state index is 4.48. The van der Waals surface area contributed by atoms with Crippen molar-refractivity contribution in [3.8, 4) is 0 Å². The van der Waals surface area contributed by atoms with Crippen LogP contribution < -0.4 is 10.2 Å². The Labute approximate surface area is 134 Å². The minimum Gasteiger partial charge on any atom is -0.370 e. The number of rotatable bonds is 9. The summed E-state index contributed by atoms with van der Waals surface area (Å²) < 4.78 is 0. The van der Waals surface area contributed by atoms with E-state index in [0.717, 1.165) is 31.0 Å². The molecule has 1 aromatic heterocycles. The molecule has 120 valence electrons. The third-order valence-corrected chi connectivity index (χ3v) is 4.44. The van der Waals surface area contributed by atoms with E-state index in [9.17, 15) is 0 Å². The summed E-state index contributed by atoms with van der Waals surface area (Å²) in [5, 5.41) is 3.53. The molecule has 0 saturated heterocycles. The van der Waals surface area contributed by atoms with E-state index in [1.54, 1.807) is 0 Å². The van der Waals surface area contributed by atoms with E-state index < -0.39 is 0 Å². The summed E-state index contributed by atoms with van der Waals surface area (Å²) in [6.07, 6.45) is 5.37. The first-order valence-electron chi connectivity index (χ1n) is 7.87. The molecule has 1 N–H and O–H groups in total. The van der Waals surface area contributed by atoms with E-state index in [2.05, 4.69) is 62.3 Å². The molecule has 3 nitrogen and oxygen atoms in total. The highest BCUT2D eigenvalue weighted by atomic mass is 32.2. The van der Waals surface area contributed by atoms with Gasteiger partial charge in [0.2, 0.25) is 0 Å². The Hall–Kier alpha value is -0.740. The van der Waals surface area contributed by atoms with Gasteiger partial charge in [0.15, 0.2) is 0 Å². The van der Waals surface area contributed by atoms with Crippen molar-refractivity contribution in [1.82, 2.24) is 10.3 Å².